The van der Waals surface area contributed by atoms with Gasteiger partial charge in [-0.25, -0.2) is 4.98 Å². The number of nitrogens with one attached hydrogen (secondary N) is 1. The van der Waals surface area contributed by atoms with E-state index in [9.17, 15) is 0 Å². The van der Waals surface area contributed by atoms with E-state index >= 15 is 0 Å². The first-order chi connectivity index (χ1) is 10.8. The van der Waals surface area contributed by atoms with Gasteiger partial charge >= 0.3 is 0 Å². The topological polar surface area (TPSA) is 96.3 Å². The van der Waals surface area contributed by atoms with Crippen LogP contribution in [0, 0.1) is 34.0 Å². The molecule has 6 heteroatoms. The molecule has 0 atom stereocenters. The van der Waals surface area contributed by atoms with E-state index in [1.54, 1.807) is 30.5 Å². The molecule has 0 radical (unpaired) electrons. The van der Waals surface area contributed by atoms with Gasteiger partial charge in [-0.05, 0) is 24.3 Å². The Hall–Kier alpha value is -3.27. The Balaban J connectivity index is 2.30. The largest absolute Gasteiger partial charge is 0.359 e. The summed E-state index contributed by atoms with van der Waals surface area (Å²) in [6, 6.07) is 16.5. The van der Waals surface area contributed by atoms with Crippen molar-refractivity contribution < 1.29 is 0 Å². The summed E-state index contributed by atoms with van der Waals surface area (Å²) in [4.78, 5) is 5.04. The first-order valence-corrected chi connectivity index (χ1v) is 6.99. The Labute approximate surface area is 132 Å². The van der Waals surface area contributed by atoms with Gasteiger partial charge in [-0.1, -0.05) is 23.9 Å². The molecule has 1 aromatic carbocycles. The number of rotatable bonds is 4. The molecule has 0 spiro atoms. The van der Waals surface area contributed by atoms with Crippen molar-refractivity contribution in [3.63, 3.8) is 0 Å². The minimum atomic E-state index is -0.0182. The summed E-state index contributed by atoms with van der Waals surface area (Å²) >= 11 is 1.34. The maximum Gasteiger partial charge on any atom is 0.145 e. The molecule has 0 aliphatic rings. The smallest absolute Gasteiger partial charge is 0.145 e. The first kappa shape index (κ1) is 15.1. The van der Waals surface area contributed by atoms with Crippen molar-refractivity contribution in [1.29, 1.82) is 15.8 Å². The highest BCUT2D eigenvalue weighted by molar-refractivity contribution is 7.99. The van der Waals surface area contributed by atoms with Crippen LogP contribution in [0.5, 0.6) is 0 Å². The average molecular weight is 303 g/mol. The lowest BCUT2D eigenvalue weighted by Crippen LogP contribution is -1.93. The van der Waals surface area contributed by atoms with Crippen LogP contribution in [0.4, 0.5) is 5.69 Å². The Morgan fingerprint density at radius 3 is 2.59 bits per heavy atom. The van der Waals surface area contributed by atoms with Gasteiger partial charge in [0.2, 0.25) is 0 Å². The lowest BCUT2D eigenvalue weighted by atomic mass is 10.3. The van der Waals surface area contributed by atoms with Crippen LogP contribution in [0.25, 0.3) is 0 Å². The van der Waals surface area contributed by atoms with Gasteiger partial charge in [-0.2, -0.15) is 15.8 Å². The molecule has 1 aromatic heterocycles. The molecule has 0 bridgehead atoms. The molecule has 5 nitrogen and oxygen atoms in total. The third-order valence-corrected chi connectivity index (χ3v) is 3.69. The molecule has 1 N–H and O–H groups in total. The molecule has 0 aliphatic heterocycles. The van der Waals surface area contributed by atoms with Crippen LogP contribution in [0.3, 0.4) is 0 Å². The summed E-state index contributed by atoms with van der Waals surface area (Å²) in [5.74, 6) is 0. The molecule has 0 aliphatic carbocycles. The van der Waals surface area contributed by atoms with Crippen LogP contribution in [-0.4, -0.2) is 4.98 Å². The number of aromatic nitrogens is 1. The molecule has 0 amide bonds. The van der Waals surface area contributed by atoms with E-state index in [4.69, 9.17) is 15.8 Å². The maximum absolute atomic E-state index is 9.11. The number of anilines is 1. The quantitative estimate of drug-likeness (QED) is 0.869. The van der Waals surface area contributed by atoms with E-state index in [1.807, 2.05) is 24.3 Å². The minimum Gasteiger partial charge on any atom is -0.359 e. The van der Waals surface area contributed by atoms with Gasteiger partial charge in [0.05, 0.1) is 11.3 Å². The molecule has 104 valence electrons. The third-order valence-electron chi connectivity index (χ3n) is 2.60. The summed E-state index contributed by atoms with van der Waals surface area (Å²) in [5, 5.41) is 30.1. The molecule has 1 heterocycles. The van der Waals surface area contributed by atoms with Crippen molar-refractivity contribution >= 4 is 17.4 Å². The van der Waals surface area contributed by atoms with Crippen LogP contribution in [0.2, 0.25) is 0 Å². The van der Waals surface area contributed by atoms with Gasteiger partial charge in [0.15, 0.2) is 0 Å². The van der Waals surface area contributed by atoms with E-state index in [1.165, 1.54) is 18.0 Å². The van der Waals surface area contributed by atoms with Crippen LogP contribution >= 0.6 is 11.8 Å². The zero-order valence-corrected chi connectivity index (χ0v) is 12.1. The summed E-state index contributed by atoms with van der Waals surface area (Å²) in [6.07, 6.45) is 2.98. The van der Waals surface area contributed by atoms with Crippen molar-refractivity contribution in [2.24, 2.45) is 0 Å². The van der Waals surface area contributed by atoms with E-state index in [-0.39, 0.29) is 5.57 Å². The van der Waals surface area contributed by atoms with Gasteiger partial charge < -0.3 is 5.32 Å². The number of para-hydroxylation sites is 1. The summed E-state index contributed by atoms with van der Waals surface area (Å²) in [5.41, 5.74) is 1.20. The lowest BCUT2D eigenvalue weighted by Gasteiger charge is -2.08. The maximum atomic E-state index is 9.11. The van der Waals surface area contributed by atoms with Crippen molar-refractivity contribution in [1.82, 2.24) is 4.98 Å². The fraction of sp³-hybridized carbons (Fsp3) is 0. The number of nitriles is 3. The van der Waals surface area contributed by atoms with Gasteiger partial charge in [0, 0.05) is 17.3 Å². The van der Waals surface area contributed by atoms with E-state index in [0.717, 1.165) is 10.6 Å². The molecular formula is C16H9N5S. The molecule has 0 fully saturated rings. The molecule has 2 rings (SSSR count). The average Bonchev–Trinajstić information content (AvgIpc) is 2.57. The molecule has 22 heavy (non-hydrogen) atoms. The Kier molecular flexibility index (Phi) is 5.15. The fourth-order valence-electron chi connectivity index (χ4n) is 1.58. The minimum absolute atomic E-state index is 0.0182. The van der Waals surface area contributed by atoms with Crippen LogP contribution < -0.4 is 5.32 Å². The van der Waals surface area contributed by atoms with Crippen LogP contribution in [-0.2, 0) is 0 Å². The van der Waals surface area contributed by atoms with Gasteiger partial charge in [0.1, 0.15) is 28.8 Å². The molecule has 0 saturated heterocycles. The highest BCUT2D eigenvalue weighted by atomic mass is 32.2. The second-order valence-corrected chi connectivity index (χ2v) is 5.02. The van der Waals surface area contributed by atoms with Crippen molar-refractivity contribution in [3.8, 4) is 18.2 Å². The fourth-order valence-corrected chi connectivity index (χ4v) is 2.50. The molecular weight excluding hydrogens is 294 g/mol. The molecule has 0 saturated carbocycles. The zero-order chi connectivity index (χ0) is 15.8. The highest BCUT2D eigenvalue weighted by Gasteiger charge is 2.08. The Morgan fingerprint density at radius 2 is 1.86 bits per heavy atom. The second-order valence-electron chi connectivity index (χ2n) is 3.99. The number of allylic oxidation sites excluding steroid dienone is 1. The van der Waals surface area contributed by atoms with Crippen LogP contribution in [0.15, 0.2) is 64.3 Å². The number of hydrogen-bond acceptors (Lipinski definition) is 6. The Bertz CT molecular complexity index is 821. The first-order valence-electron chi connectivity index (χ1n) is 6.17. The van der Waals surface area contributed by atoms with Gasteiger partial charge in [-0.15, -0.1) is 0 Å². The van der Waals surface area contributed by atoms with E-state index in [2.05, 4.69) is 16.4 Å². The van der Waals surface area contributed by atoms with Gasteiger partial charge in [0.25, 0.3) is 0 Å². The zero-order valence-electron chi connectivity index (χ0n) is 11.3. The monoisotopic (exact) mass is 303 g/mol. The van der Waals surface area contributed by atoms with E-state index in [0.29, 0.717) is 10.6 Å². The predicted octanol–water partition coefficient (Wildman–Crippen LogP) is 3.45. The summed E-state index contributed by atoms with van der Waals surface area (Å²) in [7, 11) is 0. The number of benzene rings is 1. The summed E-state index contributed by atoms with van der Waals surface area (Å²) in [6.45, 7) is 0. The van der Waals surface area contributed by atoms with Crippen molar-refractivity contribution in [3.05, 3.63) is 59.9 Å². The second kappa shape index (κ2) is 7.50. The lowest BCUT2D eigenvalue weighted by molar-refractivity contribution is 1.11. The molecule has 2 aromatic rings. The summed E-state index contributed by atoms with van der Waals surface area (Å²) < 4.78 is 0. The van der Waals surface area contributed by atoms with Crippen molar-refractivity contribution in [2.45, 2.75) is 9.92 Å². The number of pyridine rings is 1. The third kappa shape index (κ3) is 3.64. The number of hydrogen-bond donors (Lipinski definition) is 1. The standard InChI is InChI=1S/C16H9N5S/c17-8-12(9-18)11-21-14-5-1-2-6-15(14)22-16-13(10-19)4-3-7-20-16/h1-7,11,21H. The van der Waals surface area contributed by atoms with E-state index < -0.39 is 0 Å². The SMILES string of the molecule is N#CC(C#N)=CNc1ccccc1Sc1ncccc1C#N. The van der Waals surface area contributed by atoms with Crippen LogP contribution in [0.1, 0.15) is 5.56 Å². The van der Waals surface area contributed by atoms with Crippen molar-refractivity contribution in [2.75, 3.05) is 5.32 Å². The van der Waals surface area contributed by atoms with Gasteiger partial charge in [-0.3, -0.25) is 0 Å². The normalized spacial score (nSPS) is 8.95. The molecule has 0 unspecified atom stereocenters. The highest BCUT2D eigenvalue weighted by Crippen LogP contribution is 2.33. The predicted molar refractivity (Wildman–Crippen MR) is 82.4 cm³/mol. The Morgan fingerprint density at radius 1 is 1.09 bits per heavy atom. The number of nitrogens with zero attached hydrogens (tertiary/aromatic N) is 4.